The molecule has 0 bridgehead atoms. The molecule has 0 saturated carbocycles. The predicted octanol–water partition coefficient (Wildman–Crippen LogP) is 3.96. The Bertz CT molecular complexity index is 374. The summed E-state index contributed by atoms with van der Waals surface area (Å²) < 4.78 is 1.44. The predicted molar refractivity (Wildman–Crippen MR) is 65.9 cm³/mol. The van der Waals surface area contributed by atoms with Crippen LogP contribution in [0.1, 0.15) is 17.5 Å². The fourth-order valence-corrected chi connectivity index (χ4v) is 2.53. The quantitative estimate of drug-likeness (QED) is 0.684. The minimum absolute atomic E-state index is 1.17. The van der Waals surface area contributed by atoms with Crippen molar-refractivity contribution in [3.63, 3.8) is 0 Å². The zero-order valence-corrected chi connectivity index (χ0v) is 9.54. The van der Waals surface area contributed by atoms with E-state index in [4.69, 9.17) is 0 Å². The van der Waals surface area contributed by atoms with Gasteiger partial charge in [0.2, 0.25) is 0 Å². The molecule has 1 aromatic rings. The second kappa shape index (κ2) is 3.66. The van der Waals surface area contributed by atoms with E-state index in [2.05, 4.69) is 53.4 Å². The van der Waals surface area contributed by atoms with Crippen molar-refractivity contribution in [1.29, 1.82) is 0 Å². The molecule has 2 rings (SSSR count). The van der Waals surface area contributed by atoms with Crippen LogP contribution in [0.5, 0.6) is 0 Å². The summed E-state index contributed by atoms with van der Waals surface area (Å²) in [6, 6.07) is 8.60. The Labute approximate surface area is 92.5 Å². The molecule has 0 fully saturated rings. The summed E-state index contributed by atoms with van der Waals surface area (Å²) in [6.45, 7) is 3.87. The Kier molecular flexibility index (Phi) is 2.54. The second-order valence-corrected chi connectivity index (χ2v) is 4.48. The van der Waals surface area contributed by atoms with E-state index in [-0.39, 0.29) is 0 Å². The molecule has 0 radical (unpaired) electrons. The number of hydrogen-bond acceptors (Lipinski definition) is 0. The van der Waals surface area contributed by atoms with E-state index in [1.54, 1.807) is 0 Å². The molecule has 1 heteroatoms. The fourth-order valence-electron chi connectivity index (χ4n) is 1.75. The molecule has 1 aliphatic rings. The van der Waals surface area contributed by atoms with E-state index >= 15 is 0 Å². The van der Waals surface area contributed by atoms with Gasteiger partial charge in [-0.25, -0.2) is 0 Å². The molecule has 66 valence electrons. The van der Waals surface area contributed by atoms with Crippen molar-refractivity contribution in [2.75, 3.05) is 0 Å². The number of benzene rings is 1. The van der Waals surface area contributed by atoms with Crippen LogP contribution in [-0.2, 0) is 6.42 Å². The van der Waals surface area contributed by atoms with E-state index in [9.17, 15) is 0 Å². The first kappa shape index (κ1) is 9.00. The van der Waals surface area contributed by atoms with Gasteiger partial charge in [-0.3, -0.25) is 0 Å². The van der Waals surface area contributed by atoms with Crippen LogP contribution in [0.4, 0.5) is 0 Å². The summed E-state index contributed by atoms with van der Waals surface area (Å²) in [6.07, 6.45) is 4.31. The Morgan fingerprint density at radius 1 is 1.23 bits per heavy atom. The lowest BCUT2D eigenvalue weighted by atomic mass is 9.91. The maximum absolute atomic E-state index is 3.87. The van der Waals surface area contributed by atoms with Gasteiger partial charge >= 0.3 is 0 Å². The molecule has 0 unspecified atom stereocenters. The first-order valence-corrected chi connectivity index (χ1v) is 5.50. The SMILES string of the molecule is C=CC1=C(I)CCc2ccccc21. The average molecular weight is 282 g/mol. The van der Waals surface area contributed by atoms with E-state index in [1.807, 2.05) is 6.08 Å². The molecule has 0 aromatic heterocycles. The molecular formula is C12H11I. The average Bonchev–Trinajstić information content (AvgIpc) is 2.18. The summed E-state index contributed by atoms with van der Waals surface area (Å²) in [5, 5.41) is 0. The first-order valence-electron chi connectivity index (χ1n) is 4.42. The van der Waals surface area contributed by atoms with Gasteiger partial charge in [0.15, 0.2) is 0 Å². The molecular weight excluding hydrogens is 271 g/mol. The van der Waals surface area contributed by atoms with Gasteiger partial charge in [0.05, 0.1) is 0 Å². The number of fused-ring (bicyclic) bond motifs is 1. The molecule has 0 saturated heterocycles. The maximum Gasteiger partial charge on any atom is -0.00125 e. The van der Waals surface area contributed by atoms with Crippen LogP contribution < -0.4 is 0 Å². The highest BCUT2D eigenvalue weighted by Gasteiger charge is 2.13. The minimum atomic E-state index is 1.17. The summed E-state index contributed by atoms with van der Waals surface area (Å²) in [5.74, 6) is 0. The highest BCUT2D eigenvalue weighted by Crippen LogP contribution is 2.34. The summed E-state index contributed by atoms with van der Waals surface area (Å²) in [4.78, 5) is 0. The van der Waals surface area contributed by atoms with E-state index in [1.165, 1.54) is 33.1 Å². The van der Waals surface area contributed by atoms with E-state index < -0.39 is 0 Å². The molecule has 1 aromatic carbocycles. The van der Waals surface area contributed by atoms with E-state index in [0.29, 0.717) is 0 Å². The molecule has 0 atom stereocenters. The molecule has 0 nitrogen and oxygen atoms in total. The van der Waals surface area contributed by atoms with Gasteiger partial charge in [0.25, 0.3) is 0 Å². The van der Waals surface area contributed by atoms with Crippen molar-refractivity contribution in [2.45, 2.75) is 12.8 Å². The monoisotopic (exact) mass is 282 g/mol. The third-order valence-corrected chi connectivity index (χ3v) is 3.54. The van der Waals surface area contributed by atoms with Crippen LogP contribution >= 0.6 is 22.6 Å². The molecule has 1 aliphatic carbocycles. The van der Waals surface area contributed by atoms with Crippen LogP contribution in [0.3, 0.4) is 0 Å². The van der Waals surface area contributed by atoms with Crippen molar-refractivity contribution in [3.05, 3.63) is 51.6 Å². The van der Waals surface area contributed by atoms with Crippen LogP contribution in [0, 0.1) is 0 Å². The third-order valence-electron chi connectivity index (χ3n) is 2.42. The molecule has 13 heavy (non-hydrogen) atoms. The lowest BCUT2D eigenvalue weighted by molar-refractivity contribution is 0.974. The van der Waals surface area contributed by atoms with Crippen molar-refractivity contribution >= 4 is 28.2 Å². The standard InChI is InChI=1S/C12H11I/c1-2-10-11-6-4-3-5-9(11)7-8-12(10)13/h2-6H,1,7-8H2. The van der Waals surface area contributed by atoms with Gasteiger partial charge in [-0.05, 0) is 55.7 Å². The summed E-state index contributed by atoms with van der Waals surface area (Å²) in [5.41, 5.74) is 4.15. The maximum atomic E-state index is 3.87. The number of aryl methyl sites for hydroxylation is 1. The molecule has 0 heterocycles. The fraction of sp³-hybridized carbons (Fsp3) is 0.167. The van der Waals surface area contributed by atoms with Gasteiger partial charge in [-0.15, -0.1) is 0 Å². The zero-order chi connectivity index (χ0) is 9.26. The zero-order valence-electron chi connectivity index (χ0n) is 7.39. The number of halogens is 1. The number of rotatable bonds is 1. The lowest BCUT2D eigenvalue weighted by Crippen LogP contribution is -2.00. The molecule has 0 spiro atoms. The van der Waals surface area contributed by atoms with Crippen LogP contribution in [-0.4, -0.2) is 0 Å². The second-order valence-electron chi connectivity index (χ2n) is 3.18. The number of allylic oxidation sites excluding steroid dienone is 3. The Hall–Kier alpha value is -0.570. The third kappa shape index (κ3) is 1.57. The van der Waals surface area contributed by atoms with Crippen molar-refractivity contribution in [1.82, 2.24) is 0 Å². The molecule has 0 N–H and O–H groups in total. The normalized spacial score (nSPS) is 15.5. The Balaban J connectivity index is 2.61. The van der Waals surface area contributed by atoms with Crippen molar-refractivity contribution in [2.24, 2.45) is 0 Å². The van der Waals surface area contributed by atoms with Crippen LogP contribution in [0.25, 0.3) is 5.57 Å². The van der Waals surface area contributed by atoms with Gasteiger partial charge in [0.1, 0.15) is 0 Å². The van der Waals surface area contributed by atoms with Gasteiger partial charge in [-0.2, -0.15) is 0 Å². The Morgan fingerprint density at radius 3 is 2.77 bits per heavy atom. The smallest absolute Gasteiger partial charge is 0.00125 e. The summed E-state index contributed by atoms with van der Waals surface area (Å²) in [7, 11) is 0. The largest absolute Gasteiger partial charge is 0.0984 e. The minimum Gasteiger partial charge on any atom is -0.0984 e. The summed E-state index contributed by atoms with van der Waals surface area (Å²) >= 11 is 2.42. The van der Waals surface area contributed by atoms with Gasteiger partial charge in [0, 0.05) is 0 Å². The van der Waals surface area contributed by atoms with Crippen LogP contribution in [0.15, 0.2) is 40.5 Å². The first-order chi connectivity index (χ1) is 6.33. The van der Waals surface area contributed by atoms with Crippen LogP contribution in [0.2, 0.25) is 0 Å². The highest BCUT2D eigenvalue weighted by atomic mass is 127. The van der Waals surface area contributed by atoms with Crippen molar-refractivity contribution in [3.8, 4) is 0 Å². The Morgan fingerprint density at radius 2 is 2.00 bits per heavy atom. The lowest BCUT2D eigenvalue weighted by Gasteiger charge is -2.17. The highest BCUT2D eigenvalue weighted by molar-refractivity contribution is 14.1. The molecule has 0 aliphatic heterocycles. The van der Waals surface area contributed by atoms with Gasteiger partial charge < -0.3 is 0 Å². The van der Waals surface area contributed by atoms with Crippen molar-refractivity contribution < 1.29 is 0 Å². The topological polar surface area (TPSA) is 0 Å². The van der Waals surface area contributed by atoms with E-state index in [0.717, 1.165) is 0 Å². The molecule has 0 amide bonds. The number of hydrogen-bond donors (Lipinski definition) is 0. The van der Waals surface area contributed by atoms with Gasteiger partial charge in [-0.1, -0.05) is 36.9 Å².